The van der Waals surface area contributed by atoms with Crippen LogP contribution in [0.15, 0.2) is 18.3 Å². The van der Waals surface area contributed by atoms with E-state index in [1.54, 1.807) is 18.3 Å². The third-order valence-corrected chi connectivity index (χ3v) is 3.53. The Morgan fingerprint density at radius 2 is 2.33 bits per heavy atom. The largest absolute Gasteiger partial charge is 0.476 e. The highest BCUT2D eigenvalue weighted by molar-refractivity contribution is 7.99. The summed E-state index contributed by atoms with van der Waals surface area (Å²) >= 11 is 1.87. The van der Waals surface area contributed by atoms with Crippen molar-refractivity contribution in [2.45, 2.75) is 6.92 Å². The Morgan fingerprint density at radius 1 is 1.56 bits per heavy atom. The average molecular weight is 267 g/mol. The molecule has 0 aromatic carbocycles. The molecule has 5 nitrogen and oxygen atoms in total. The number of urea groups is 1. The van der Waals surface area contributed by atoms with E-state index in [2.05, 4.69) is 10.3 Å². The van der Waals surface area contributed by atoms with Gasteiger partial charge in [-0.1, -0.05) is 0 Å². The van der Waals surface area contributed by atoms with Crippen molar-refractivity contribution < 1.29 is 9.53 Å². The third kappa shape index (κ3) is 3.29. The summed E-state index contributed by atoms with van der Waals surface area (Å²) in [6, 6.07) is 3.50. The van der Waals surface area contributed by atoms with Gasteiger partial charge in [-0.25, -0.2) is 9.78 Å². The van der Waals surface area contributed by atoms with Crippen LogP contribution in [0.3, 0.4) is 0 Å². The summed E-state index contributed by atoms with van der Waals surface area (Å²) < 4.78 is 5.38. The molecule has 1 aliphatic rings. The summed E-state index contributed by atoms with van der Waals surface area (Å²) in [5.74, 6) is 2.47. The second kappa shape index (κ2) is 6.49. The van der Waals surface area contributed by atoms with Crippen molar-refractivity contribution in [3.05, 3.63) is 18.3 Å². The lowest BCUT2D eigenvalue weighted by Crippen LogP contribution is -2.40. The van der Waals surface area contributed by atoms with E-state index >= 15 is 0 Å². The fraction of sp³-hybridized carbons (Fsp3) is 0.500. The summed E-state index contributed by atoms with van der Waals surface area (Å²) in [7, 11) is 0. The number of rotatable bonds is 3. The number of pyridine rings is 1. The van der Waals surface area contributed by atoms with E-state index in [0.29, 0.717) is 18.2 Å². The van der Waals surface area contributed by atoms with E-state index in [0.717, 1.165) is 24.6 Å². The van der Waals surface area contributed by atoms with Gasteiger partial charge in [-0.05, 0) is 19.1 Å². The van der Waals surface area contributed by atoms with Crippen LogP contribution in [0.5, 0.6) is 5.88 Å². The smallest absolute Gasteiger partial charge is 0.322 e. The number of nitrogens with one attached hydrogen (secondary N) is 1. The van der Waals surface area contributed by atoms with Crippen LogP contribution in [-0.4, -0.2) is 47.1 Å². The topological polar surface area (TPSA) is 54.5 Å². The van der Waals surface area contributed by atoms with Crippen molar-refractivity contribution in [2.75, 3.05) is 36.5 Å². The van der Waals surface area contributed by atoms with Crippen molar-refractivity contribution >= 4 is 23.5 Å². The molecule has 2 amide bonds. The van der Waals surface area contributed by atoms with Gasteiger partial charge in [-0.3, -0.25) is 0 Å². The van der Waals surface area contributed by atoms with Gasteiger partial charge in [-0.2, -0.15) is 11.8 Å². The van der Waals surface area contributed by atoms with Crippen LogP contribution < -0.4 is 10.1 Å². The Kier molecular flexibility index (Phi) is 4.69. The van der Waals surface area contributed by atoms with Gasteiger partial charge in [0.05, 0.1) is 6.61 Å². The second-order valence-electron chi connectivity index (χ2n) is 3.82. The molecule has 1 saturated heterocycles. The van der Waals surface area contributed by atoms with Gasteiger partial charge in [0.25, 0.3) is 0 Å². The molecule has 0 bridgehead atoms. The van der Waals surface area contributed by atoms with Gasteiger partial charge in [0.2, 0.25) is 5.88 Å². The van der Waals surface area contributed by atoms with E-state index in [1.807, 2.05) is 23.6 Å². The molecule has 98 valence electrons. The maximum atomic E-state index is 12.0. The number of hydrogen-bond acceptors (Lipinski definition) is 4. The van der Waals surface area contributed by atoms with Crippen molar-refractivity contribution in [3.8, 4) is 5.88 Å². The number of ether oxygens (including phenoxy) is 1. The van der Waals surface area contributed by atoms with E-state index in [9.17, 15) is 4.79 Å². The van der Waals surface area contributed by atoms with Crippen molar-refractivity contribution in [1.29, 1.82) is 0 Å². The highest BCUT2D eigenvalue weighted by Crippen LogP contribution is 2.21. The number of carbonyl (C=O) groups excluding carboxylic acids is 1. The lowest BCUT2D eigenvalue weighted by molar-refractivity contribution is 0.216. The summed E-state index contributed by atoms with van der Waals surface area (Å²) in [6.07, 6.45) is 1.65. The molecule has 1 aromatic rings. The minimum Gasteiger partial charge on any atom is -0.476 e. The van der Waals surface area contributed by atoms with E-state index in [-0.39, 0.29) is 6.03 Å². The molecule has 1 fully saturated rings. The third-order valence-electron chi connectivity index (χ3n) is 2.59. The van der Waals surface area contributed by atoms with Crippen LogP contribution in [0.2, 0.25) is 0 Å². The van der Waals surface area contributed by atoms with Crippen LogP contribution in [-0.2, 0) is 0 Å². The molecule has 1 aromatic heterocycles. The minimum absolute atomic E-state index is 0.0794. The molecule has 0 spiro atoms. The normalized spacial score (nSPS) is 15.3. The summed E-state index contributed by atoms with van der Waals surface area (Å²) in [6.45, 7) is 4.00. The predicted octanol–water partition coefficient (Wildman–Crippen LogP) is 2.06. The Labute approximate surface area is 111 Å². The molecule has 0 aliphatic carbocycles. The fourth-order valence-electron chi connectivity index (χ4n) is 1.70. The Bertz CT molecular complexity index is 408. The van der Waals surface area contributed by atoms with E-state index < -0.39 is 0 Å². The number of hydrogen-bond donors (Lipinski definition) is 1. The second-order valence-corrected chi connectivity index (χ2v) is 5.04. The molecule has 0 radical (unpaired) electrons. The molecule has 0 saturated carbocycles. The number of aromatic nitrogens is 1. The molecule has 6 heteroatoms. The lowest BCUT2D eigenvalue weighted by atomic mass is 10.4. The molecule has 1 N–H and O–H groups in total. The van der Waals surface area contributed by atoms with Gasteiger partial charge in [-0.15, -0.1) is 0 Å². The number of carbonyl (C=O) groups is 1. The molecule has 2 rings (SSSR count). The van der Waals surface area contributed by atoms with Gasteiger partial charge < -0.3 is 15.0 Å². The van der Waals surface area contributed by atoms with Crippen molar-refractivity contribution in [2.24, 2.45) is 0 Å². The standard InChI is InChI=1S/C12H17N3O2S/c1-2-17-11-10(4-3-5-13-11)14-12(16)15-6-8-18-9-7-15/h3-5H,2,6-9H2,1H3,(H,14,16). The van der Waals surface area contributed by atoms with E-state index in [1.165, 1.54) is 0 Å². The number of thioether (sulfide) groups is 1. The van der Waals surface area contributed by atoms with Gasteiger partial charge in [0, 0.05) is 30.8 Å². The Hall–Kier alpha value is -1.43. The highest BCUT2D eigenvalue weighted by atomic mass is 32.2. The first kappa shape index (κ1) is 13.0. The molecule has 0 atom stereocenters. The molecular weight excluding hydrogens is 250 g/mol. The van der Waals surface area contributed by atoms with Crippen LogP contribution in [0.1, 0.15) is 6.92 Å². The molecule has 2 heterocycles. The maximum Gasteiger partial charge on any atom is 0.322 e. The maximum absolute atomic E-state index is 12.0. The quantitative estimate of drug-likeness (QED) is 0.910. The van der Waals surface area contributed by atoms with Crippen LogP contribution in [0.4, 0.5) is 10.5 Å². The van der Waals surface area contributed by atoms with Crippen molar-refractivity contribution in [3.63, 3.8) is 0 Å². The number of anilines is 1. The Morgan fingerprint density at radius 3 is 3.06 bits per heavy atom. The fourth-order valence-corrected chi connectivity index (χ4v) is 2.60. The zero-order chi connectivity index (χ0) is 12.8. The Balaban J connectivity index is 2.01. The predicted molar refractivity (Wildman–Crippen MR) is 73.3 cm³/mol. The zero-order valence-corrected chi connectivity index (χ0v) is 11.2. The van der Waals surface area contributed by atoms with Crippen LogP contribution in [0, 0.1) is 0 Å². The first-order valence-corrected chi connectivity index (χ1v) is 7.18. The minimum atomic E-state index is -0.0794. The van der Waals surface area contributed by atoms with Crippen molar-refractivity contribution in [1.82, 2.24) is 9.88 Å². The van der Waals surface area contributed by atoms with E-state index in [4.69, 9.17) is 4.74 Å². The van der Waals surface area contributed by atoms with Crippen LogP contribution >= 0.6 is 11.8 Å². The monoisotopic (exact) mass is 267 g/mol. The van der Waals surface area contributed by atoms with Gasteiger partial charge in [0.15, 0.2) is 0 Å². The van der Waals surface area contributed by atoms with Gasteiger partial charge >= 0.3 is 6.03 Å². The number of nitrogens with zero attached hydrogens (tertiary/aromatic N) is 2. The molecule has 1 aliphatic heterocycles. The number of amides is 2. The summed E-state index contributed by atoms with van der Waals surface area (Å²) in [5.41, 5.74) is 0.627. The molecule has 0 unspecified atom stereocenters. The first-order valence-electron chi connectivity index (χ1n) is 6.02. The lowest BCUT2D eigenvalue weighted by Gasteiger charge is -2.26. The zero-order valence-electron chi connectivity index (χ0n) is 10.4. The first-order chi connectivity index (χ1) is 8.81. The molecular formula is C12H17N3O2S. The van der Waals surface area contributed by atoms with Gasteiger partial charge in [0.1, 0.15) is 5.69 Å². The van der Waals surface area contributed by atoms with Crippen LogP contribution in [0.25, 0.3) is 0 Å². The SMILES string of the molecule is CCOc1ncccc1NC(=O)N1CCSCC1. The average Bonchev–Trinajstić information content (AvgIpc) is 2.42. The highest BCUT2D eigenvalue weighted by Gasteiger charge is 2.18. The summed E-state index contributed by atoms with van der Waals surface area (Å²) in [4.78, 5) is 18.0. The summed E-state index contributed by atoms with van der Waals surface area (Å²) in [5, 5.41) is 2.86. The molecule has 18 heavy (non-hydrogen) atoms.